The zero-order valence-corrected chi connectivity index (χ0v) is 15.3. The summed E-state index contributed by atoms with van der Waals surface area (Å²) in [6.07, 6.45) is 1.46. The van der Waals surface area contributed by atoms with Gasteiger partial charge in [-0.3, -0.25) is 9.59 Å². The van der Waals surface area contributed by atoms with Crippen LogP contribution in [0.25, 0.3) is 11.0 Å². The van der Waals surface area contributed by atoms with E-state index < -0.39 is 0 Å². The predicted molar refractivity (Wildman–Crippen MR) is 101 cm³/mol. The van der Waals surface area contributed by atoms with Crippen LogP contribution < -0.4 is 15.5 Å². The number of aromatic nitrogens is 3. The highest BCUT2D eigenvalue weighted by Crippen LogP contribution is 2.23. The van der Waals surface area contributed by atoms with Crippen LogP contribution >= 0.6 is 0 Å². The van der Waals surface area contributed by atoms with Gasteiger partial charge in [0.05, 0.1) is 11.0 Å². The van der Waals surface area contributed by atoms with Crippen LogP contribution in [0.3, 0.4) is 0 Å². The van der Waals surface area contributed by atoms with Crippen molar-refractivity contribution < 1.29 is 9.53 Å². The van der Waals surface area contributed by atoms with Crippen molar-refractivity contribution in [3.63, 3.8) is 0 Å². The Morgan fingerprint density at radius 2 is 2.12 bits per heavy atom. The first-order valence-electron chi connectivity index (χ1n) is 8.43. The molecule has 0 fully saturated rings. The minimum atomic E-state index is -0.343. The fourth-order valence-electron chi connectivity index (χ4n) is 2.83. The standard InChI is InChI=1S/C19H22N4O3/c1-11(2)19-22-14-8-13(5-6-15(14)23(19)4)21-18(25)10-26-17-9-20-12(3)7-16(17)24/h5-9,11H,10H2,1-4H3,(H,20,24)(H,21,25). The van der Waals surface area contributed by atoms with Crippen LogP contribution in [0.1, 0.15) is 31.3 Å². The van der Waals surface area contributed by atoms with E-state index in [1.807, 2.05) is 25.2 Å². The molecule has 2 heterocycles. The minimum absolute atomic E-state index is 0.118. The average Bonchev–Trinajstić information content (AvgIpc) is 2.90. The predicted octanol–water partition coefficient (Wildman–Crippen LogP) is 2.71. The summed E-state index contributed by atoms with van der Waals surface area (Å²) >= 11 is 0. The van der Waals surface area contributed by atoms with Crippen molar-refractivity contribution in [2.45, 2.75) is 26.7 Å². The van der Waals surface area contributed by atoms with Crippen molar-refractivity contribution >= 4 is 22.6 Å². The van der Waals surface area contributed by atoms with Gasteiger partial charge in [-0.1, -0.05) is 13.8 Å². The first kappa shape index (κ1) is 17.7. The third kappa shape index (κ3) is 3.61. The molecule has 7 heteroatoms. The van der Waals surface area contributed by atoms with E-state index in [1.54, 1.807) is 6.92 Å². The highest BCUT2D eigenvalue weighted by atomic mass is 16.5. The molecule has 0 spiro atoms. The average molecular weight is 354 g/mol. The number of aryl methyl sites for hydroxylation is 2. The second-order valence-corrected chi connectivity index (χ2v) is 6.57. The maximum absolute atomic E-state index is 12.1. The molecule has 3 rings (SSSR count). The van der Waals surface area contributed by atoms with Gasteiger partial charge in [-0.05, 0) is 25.1 Å². The Morgan fingerprint density at radius 3 is 2.81 bits per heavy atom. The van der Waals surface area contributed by atoms with E-state index >= 15 is 0 Å². The molecule has 0 aliphatic rings. The Bertz CT molecular complexity index is 1020. The summed E-state index contributed by atoms with van der Waals surface area (Å²) in [7, 11) is 1.98. The second kappa shape index (κ2) is 7.03. The Morgan fingerprint density at radius 1 is 1.35 bits per heavy atom. The molecule has 7 nitrogen and oxygen atoms in total. The number of carbonyl (C=O) groups excluding carboxylic acids is 1. The highest BCUT2D eigenvalue weighted by molar-refractivity contribution is 5.94. The summed E-state index contributed by atoms with van der Waals surface area (Å²) in [6, 6.07) is 7.01. The molecule has 0 radical (unpaired) electrons. The number of anilines is 1. The summed E-state index contributed by atoms with van der Waals surface area (Å²) in [5.74, 6) is 1.08. The summed E-state index contributed by atoms with van der Waals surface area (Å²) in [4.78, 5) is 31.4. The molecule has 0 saturated carbocycles. The molecule has 1 aromatic carbocycles. The second-order valence-electron chi connectivity index (χ2n) is 6.57. The number of amides is 1. The number of nitrogens with one attached hydrogen (secondary N) is 2. The first-order chi connectivity index (χ1) is 12.3. The Balaban J connectivity index is 1.70. The fourth-order valence-corrected chi connectivity index (χ4v) is 2.83. The number of benzene rings is 1. The lowest BCUT2D eigenvalue weighted by molar-refractivity contribution is -0.118. The van der Waals surface area contributed by atoms with Gasteiger partial charge in [-0.15, -0.1) is 0 Å². The maximum atomic E-state index is 12.1. The number of carbonyl (C=O) groups is 1. The zero-order valence-electron chi connectivity index (χ0n) is 15.3. The van der Waals surface area contributed by atoms with Crippen molar-refractivity contribution in [3.05, 3.63) is 52.2 Å². The molecule has 2 N–H and O–H groups in total. The van der Waals surface area contributed by atoms with Crippen LogP contribution in [0, 0.1) is 6.92 Å². The maximum Gasteiger partial charge on any atom is 0.262 e. The molecule has 3 aromatic rings. The summed E-state index contributed by atoms with van der Waals surface area (Å²) < 4.78 is 7.35. The molecule has 0 aliphatic carbocycles. The monoisotopic (exact) mass is 354 g/mol. The minimum Gasteiger partial charge on any atom is -0.478 e. The van der Waals surface area contributed by atoms with Crippen molar-refractivity contribution in [2.75, 3.05) is 11.9 Å². The van der Waals surface area contributed by atoms with E-state index in [0.29, 0.717) is 11.6 Å². The van der Waals surface area contributed by atoms with E-state index in [1.165, 1.54) is 12.3 Å². The van der Waals surface area contributed by atoms with Crippen LogP contribution in [0.5, 0.6) is 5.75 Å². The van der Waals surface area contributed by atoms with Gasteiger partial charge in [0.2, 0.25) is 5.43 Å². The third-order valence-electron chi connectivity index (χ3n) is 4.10. The number of pyridine rings is 1. The summed E-state index contributed by atoms with van der Waals surface area (Å²) in [5.41, 5.74) is 2.94. The van der Waals surface area contributed by atoms with Crippen LogP contribution in [0.2, 0.25) is 0 Å². The van der Waals surface area contributed by atoms with Gasteiger partial charge in [0.25, 0.3) is 5.91 Å². The Labute approximate surface area is 151 Å². The lowest BCUT2D eigenvalue weighted by atomic mass is 10.2. The molecule has 1 amide bonds. The fraction of sp³-hybridized carbons (Fsp3) is 0.316. The molecule has 26 heavy (non-hydrogen) atoms. The van der Waals surface area contributed by atoms with Gasteiger partial charge in [0.1, 0.15) is 5.82 Å². The number of ether oxygens (including phenoxy) is 1. The number of hydrogen-bond acceptors (Lipinski definition) is 4. The van der Waals surface area contributed by atoms with Gasteiger partial charge in [-0.25, -0.2) is 4.98 Å². The molecule has 0 atom stereocenters. The Kier molecular flexibility index (Phi) is 4.79. The van der Waals surface area contributed by atoms with E-state index in [2.05, 4.69) is 33.7 Å². The van der Waals surface area contributed by atoms with Crippen molar-refractivity contribution in [1.82, 2.24) is 14.5 Å². The topological polar surface area (TPSA) is 89.0 Å². The van der Waals surface area contributed by atoms with Crippen molar-refractivity contribution in [3.8, 4) is 5.75 Å². The normalized spacial score (nSPS) is 11.1. The van der Waals surface area contributed by atoms with E-state index in [0.717, 1.165) is 22.6 Å². The van der Waals surface area contributed by atoms with Gasteiger partial charge >= 0.3 is 0 Å². The molecular formula is C19H22N4O3. The van der Waals surface area contributed by atoms with E-state index in [-0.39, 0.29) is 23.7 Å². The Hall–Kier alpha value is -3.09. The van der Waals surface area contributed by atoms with Gasteiger partial charge < -0.3 is 19.6 Å². The number of imidazole rings is 1. The van der Waals surface area contributed by atoms with Gasteiger partial charge in [-0.2, -0.15) is 0 Å². The van der Waals surface area contributed by atoms with Crippen molar-refractivity contribution in [2.24, 2.45) is 7.05 Å². The van der Waals surface area contributed by atoms with E-state index in [4.69, 9.17) is 4.74 Å². The van der Waals surface area contributed by atoms with Crippen LogP contribution in [0.4, 0.5) is 5.69 Å². The van der Waals surface area contributed by atoms with Crippen LogP contribution in [-0.4, -0.2) is 27.0 Å². The summed E-state index contributed by atoms with van der Waals surface area (Å²) in [6.45, 7) is 5.71. The third-order valence-corrected chi connectivity index (χ3v) is 4.10. The summed E-state index contributed by atoms with van der Waals surface area (Å²) in [5, 5.41) is 2.77. The highest BCUT2D eigenvalue weighted by Gasteiger charge is 2.12. The van der Waals surface area contributed by atoms with Gasteiger partial charge in [0.15, 0.2) is 12.4 Å². The van der Waals surface area contributed by atoms with Crippen LogP contribution in [0.15, 0.2) is 35.3 Å². The van der Waals surface area contributed by atoms with Crippen LogP contribution in [-0.2, 0) is 11.8 Å². The lowest BCUT2D eigenvalue weighted by Crippen LogP contribution is -2.22. The first-order valence-corrected chi connectivity index (χ1v) is 8.43. The number of nitrogens with zero attached hydrogens (tertiary/aromatic N) is 2. The number of fused-ring (bicyclic) bond motifs is 1. The number of hydrogen-bond donors (Lipinski definition) is 2. The van der Waals surface area contributed by atoms with Crippen molar-refractivity contribution in [1.29, 1.82) is 0 Å². The smallest absolute Gasteiger partial charge is 0.262 e. The van der Waals surface area contributed by atoms with E-state index in [9.17, 15) is 9.59 Å². The molecule has 2 aromatic heterocycles. The number of H-pyrrole nitrogens is 1. The largest absolute Gasteiger partial charge is 0.478 e. The number of rotatable bonds is 5. The molecule has 136 valence electrons. The lowest BCUT2D eigenvalue weighted by Gasteiger charge is -2.07. The zero-order chi connectivity index (χ0) is 18.8. The SMILES string of the molecule is Cc1cc(=O)c(OCC(=O)Nc2ccc3c(c2)nc(C(C)C)n3C)c[nH]1. The van der Waals surface area contributed by atoms with Gasteiger partial charge in [0, 0.05) is 36.6 Å². The molecule has 0 bridgehead atoms. The molecule has 0 saturated heterocycles. The molecular weight excluding hydrogens is 332 g/mol. The quantitative estimate of drug-likeness (QED) is 0.737. The molecule has 0 unspecified atom stereocenters. The number of aromatic amines is 1. The molecule has 0 aliphatic heterocycles.